The van der Waals surface area contributed by atoms with Crippen LogP contribution >= 0.6 is 11.6 Å². The lowest BCUT2D eigenvalue weighted by atomic mass is 10.0. The summed E-state index contributed by atoms with van der Waals surface area (Å²) in [5, 5.41) is 13.7. The lowest BCUT2D eigenvalue weighted by Crippen LogP contribution is -2.34. The highest BCUT2D eigenvalue weighted by Gasteiger charge is 2.18. The Morgan fingerprint density at radius 1 is 1.31 bits per heavy atom. The largest absolute Gasteiger partial charge is 0.444 e. The van der Waals surface area contributed by atoms with Crippen LogP contribution in [-0.4, -0.2) is 21.6 Å². The van der Waals surface area contributed by atoms with Gasteiger partial charge in [0.2, 0.25) is 0 Å². The van der Waals surface area contributed by atoms with Crippen molar-refractivity contribution in [1.82, 2.24) is 10.3 Å². The first-order valence-corrected chi connectivity index (χ1v) is 8.34. The third-order valence-corrected chi connectivity index (χ3v) is 3.74. The van der Waals surface area contributed by atoms with Crippen molar-refractivity contribution in [3.8, 4) is 11.3 Å². The molecule has 1 aromatic carbocycles. The Bertz CT molecular complexity index is 816. The zero-order valence-corrected chi connectivity index (χ0v) is 15.7. The smallest absolute Gasteiger partial charge is 0.408 e. The SMILES string of the molecule is C[C@@H](NC(=O)OC(C)(C)C)c1ccc(-c2ncc([N+](=O)[O-])cc2Cl)cc1. The number of carbonyl (C=O) groups is 1. The molecular formula is C18H20ClN3O4. The number of nitro groups is 1. The quantitative estimate of drug-likeness (QED) is 0.604. The van der Waals surface area contributed by atoms with Gasteiger partial charge in [0.05, 0.1) is 21.7 Å². The van der Waals surface area contributed by atoms with Gasteiger partial charge in [0.25, 0.3) is 5.69 Å². The predicted molar refractivity (Wildman–Crippen MR) is 99.1 cm³/mol. The molecule has 138 valence electrons. The van der Waals surface area contributed by atoms with Gasteiger partial charge in [-0.3, -0.25) is 10.1 Å². The number of nitrogens with zero attached hydrogens (tertiary/aromatic N) is 2. The number of nitrogens with one attached hydrogen (secondary N) is 1. The highest BCUT2D eigenvalue weighted by molar-refractivity contribution is 6.33. The van der Waals surface area contributed by atoms with Crippen molar-refractivity contribution < 1.29 is 14.5 Å². The van der Waals surface area contributed by atoms with Crippen molar-refractivity contribution in [2.24, 2.45) is 0 Å². The zero-order chi connectivity index (χ0) is 19.5. The van der Waals surface area contributed by atoms with E-state index in [1.165, 1.54) is 12.3 Å². The van der Waals surface area contributed by atoms with Gasteiger partial charge in [-0.1, -0.05) is 35.9 Å². The van der Waals surface area contributed by atoms with Crippen LogP contribution in [0.3, 0.4) is 0 Å². The van der Waals surface area contributed by atoms with E-state index >= 15 is 0 Å². The first kappa shape index (κ1) is 19.7. The number of amides is 1. The number of ether oxygens (including phenoxy) is 1. The van der Waals surface area contributed by atoms with Crippen LogP contribution in [0.2, 0.25) is 5.02 Å². The maximum atomic E-state index is 11.8. The lowest BCUT2D eigenvalue weighted by molar-refractivity contribution is -0.385. The Kier molecular flexibility index (Phi) is 5.82. The van der Waals surface area contributed by atoms with Gasteiger partial charge in [-0.05, 0) is 33.3 Å². The van der Waals surface area contributed by atoms with E-state index in [0.29, 0.717) is 5.69 Å². The van der Waals surface area contributed by atoms with E-state index in [1.54, 1.807) is 32.9 Å². The standard InChI is InChI=1S/C18H20ClN3O4/c1-11(21-17(23)26-18(2,3)4)12-5-7-13(8-6-12)16-15(19)9-14(10-20-16)22(24)25/h5-11H,1-4H3,(H,21,23)/t11-/m1/s1. The summed E-state index contributed by atoms with van der Waals surface area (Å²) in [4.78, 5) is 26.1. The summed E-state index contributed by atoms with van der Waals surface area (Å²) in [7, 11) is 0. The summed E-state index contributed by atoms with van der Waals surface area (Å²) < 4.78 is 5.24. The maximum Gasteiger partial charge on any atom is 0.408 e. The Morgan fingerprint density at radius 3 is 2.42 bits per heavy atom. The molecule has 0 aliphatic rings. The Morgan fingerprint density at radius 2 is 1.92 bits per heavy atom. The van der Waals surface area contributed by atoms with Gasteiger partial charge >= 0.3 is 6.09 Å². The number of benzene rings is 1. The molecule has 0 aliphatic carbocycles. The van der Waals surface area contributed by atoms with Crippen molar-refractivity contribution in [2.45, 2.75) is 39.3 Å². The molecule has 2 rings (SSSR count). The maximum absolute atomic E-state index is 11.8. The van der Waals surface area contributed by atoms with Gasteiger partial charge < -0.3 is 10.1 Å². The average Bonchev–Trinajstić information content (AvgIpc) is 2.53. The van der Waals surface area contributed by atoms with Crippen molar-refractivity contribution in [3.05, 3.63) is 57.2 Å². The van der Waals surface area contributed by atoms with Crippen LogP contribution < -0.4 is 5.32 Å². The Balaban J connectivity index is 2.13. The van der Waals surface area contributed by atoms with Gasteiger partial charge in [0, 0.05) is 11.6 Å². The molecule has 1 aromatic heterocycles. The fourth-order valence-corrected chi connectivity index (χ4v) is 2.51. The van der Waals surface area contributed by atoms with E-state index in [2.05, 4.69) is 10.3 Å². The molecule has 1 atom stereocenters. The topological polar surface area (TPSA) is 94.4 Å². The summed E-state index contributed by atoms with van der Waals surface area (Å²) in [5.41, 5.74) is 1.32. The second-order valence-electron chi connectivity index (χ2n) is 6.77. The van der Waals surface area contributed by atoms with Crippen LogP contribution in [0.25, 0.3) is 11.3 Å². The van der Waals surface area contributed by atoms with Crippen LogP contribution in [0, 0.1) is 10.1 Å². The average molecular weight is 378 g/mol. The molecular weight excluding hydrogens is 358 g/mol. The van der Waals surface area contributed by atoms with Crippen LogP contribution in [0.5, 0.6) is 0 Å². The van der Waals surface area contributed by atoms with Crippen molar-refractivity contribution in [3.63, 3.8) is 0 Å². The van der Waals surface area contributed by atoms with E-state index in [4.69, 9.17) is 16.3 Å². The van der Waals surface area contributed by atoms with Crippen LogP contribution in [-0.2, 0) is 4.74 Å². The fraction of sp³-hybridized carbons (Fsp3) is 0.333. The van der Waals surface area contributed by atoms with Crippen molar-refractivity contribution in [2.75, 3.05) is 0 Å². The molecule has 26 heavy (non-hydrogen) atoms. The monoisotopic (exact) mass is 377 g/mol. The molecule has 0 spiro atoms. The molecule has 8 heteroatoms. The minimum Gasteiger partial charge on any atom is -0.444 e. The Hall–Kier alpha value is -2.67. The molecule has 0 fully saturated rings. The number of rotatable bonds is 4. The number of pyridine rings is 1. The van der Waals surface area contributed by atoms with Crippen LogP contribution in [0.1, 0.15) is 39.3 Å². The number of alkyl carbamates (subject to hydrolysis) is 1. The normalized spacial score (nSPS) is 12.3. The van der Waals surface area contributed by atoms with Crippen molar-refractivity contribution in [1.29, 1.82) is 0 Å². The minimum atomic E-state index is -0.563. The van der Waals surface area contributed by atoms with E-state index in [1.807, 2.05) is 19.1 Å². The molecule has 1 N–H and O–H groups in total. The fourth-order valence-electron chi connectivity index (χ4n) is 2.24. The molecule has 0 aliphatic heterocycles. The molecule has 1 heterocycles. The van der Waals surface area contributed by atoms with Crippen LogP contribution in [0.15, 0.2) is 36.5 Å². The minimum absolute atomic E-state index is 0.162. The number of hydrogen-bond acceptors (Lipinski definition) is 5. The van der Waals surface area contributed by atoms with Gasteiger partial charge in [-0.25, -0.2) is 9.78 Å². The molecule has 0 bridgehead atoms. The molecule has 1 amide bonds. The number of carbonyl (C=O) groups excluding carboxylic acids is 1. The van der Waals surface area contributed by atoms with E-state index in [0.717, 1.165) is 11.1 Å². The zero-order valence-electron chi connectivity index (χ0n) is 14.9. The second-order valence-corrected chi connectivity index (χ2v) is 7.18. The summed E-state index contributed by atoms with van der Waals surface area (Å²) in [5.74, 6) is 0. The molecule has 0 radical (unpaired) electrons. The predicted octanol–water partition coefficient (Wildman–Crippen LogP) is 4.90. The molecule has 7 nitrogen and oxygen atoms in total. The number of aromatic nitrogens is 1. The third kappa shape index (κ3) is 5.16. The number of hydrogen-bond donors (Lipinski definition) is 1. The van der Waals surface area contributed by atoms with Crippen LogP contribution in [0.4, 0.5) is 10.5 Å². The summed E-state index contributed by atoms with van der Waals surface area (Å²) in [6, 6.07) is 8.27. The van der Waals surface area contributed by atoms with Gasteiger partial charge in [0.1, 0.15) is 11.8 Å². The third-order valence-electron chi connectivity index (χ3n) is 3.45. The van der Waals surface area contributed by atoms with E-state index in [-0.39, 0.29) is 16.8 Å². The lowest BCUT2D eigenvalue weighted by Gasteiger charge is -2.22. The first-order valence-electron chi connectivity index (χ1n) is 7.96. The summed E-state index contributed by atoms with van der Waals surface area (Å²) >= 11 is 6.10. The molecule has 0 saturated carbocycles. The van der Waals surface area contributed by atoms with E-state index < -0.39 is 16.6 Å². The van der Waals surface area contributed by atoms with Gasteiger partial charge in [0.15, 0.2) is 0 Å². The highest BCUT2D eigenvalue weighted by Crippen LogP contribution is 2.29. The summed E-state index contributed by atoms with van der Waals surface area (Å²) in [6.07, 6.45) is 0.677. The van der Waals surface area contributed by atoms with Crippen molar-refractivity contribution >= 4 is 23.4 Å². The second kappa shape index (κ2) is 7.70. The first-order chi connectivity index (χ1) is 12.1. The summed E-state index contributed by atoms with van der Waals surface area (Å²) in [6.45, 7) is 7.24. The highest BCUT2D eigenvalue weighted by atomic mass is 35.5. The number of halogens is 1. The van der Waals surface area contributed by atoms with E-state index in [9.17, 15) is 14.9 Å². The molecule has 0 saturated heterocycles. The molecule has 2 aromatic rings. The van der Waals surface area contributed by atoms with Gasteiger partial charge in [-0.15, -0.1) is 0 Å². The molecule has 0 unspecified atom stereocenters. The Labute approximate surface area is 156 Å². The van der Waals surface area contributed by atoms with Gasteiger partial charge in [-0.2, -0.15) is 0 Å².